The third-order valence-electron chi connectivity index (χ3n) is 4.00. The van der Waals surface area contributed by atoms with Gasteiger partial charge in [0, 0.05) is 11.8 Å². The molecule has 1 aromatic carbocycles. The molecule has 2 atom stereocenters. The molecule has 1 saturated carbocycles. The molecule has 1 aliphatic rings. The number of aliphatic hydroxyl groups is 1. The largest absolute Gasteiger partial charge is 0.391 e. The predicted octanol–water partition coefficient (Wildman–Crippen LogP) is 3.42. The first-order valence-corrected chi connectivity index (χ1v) is 7.11. The minimum absolute atomic E-state index is 0.187. The number of aliphatic hydroxyl groups excluding tert-OH is 1. The van der Waals surface area contributed by atoms with Crippen LogP contribution in [0.2, 0.25) is 0 Å². The maximum atomic E-state index is 10.2. The maximum Gasteiger partial charge on any atom is 0.0957 e. The minimum Gasteiger partial charge on any atom is -0.391 e. The topological polar surface area (TPSA) is 38.0 Å². The lowest BCUT2D eigenvalue weighted by atomic mass is 10.1. The number of nitrogens with zero attached hydrogens (tertiary/aromatic N) is 2. The van der Waals surface area contributed by atoms with Crippen LogP contribution in [0, 0.1) is 0 Å². The number of hydrogen-bond acceptors (Lipinski definition) is 2. The van der Waals surface area contributed by atoms with Crippen LogP contribution in [0.15, 0.2) is 42.9 Å². The zero-order valence-electron chi connectivity index (χ0n) is 11.1. The summed E-state index contributed by atoms with van der Waals surface area (Å²) in [5.41, 5.74) is 2.11. The molecule has 0 bridgehead atoms. The van der Waals surface area contributed by atoms with E-state index >= 15 is 0 Å². The Morgan fingerprint density at radius 3 is 2.68 bits per heavy atom. The summed E-state index contributed by atoms with van der Waals surface area (Å²) in [6.45, 7) is 0. The average molecular weight is 256 g/mol. The van der Waals surface area contributed by atoms with Crippen molar-refractivity contribution in [3.63, 3.8) is 0 Å². The molecule has 1 aliphatic carbocycles. The first-order chi connectivity index (χ1) is 9.34. The second-order valence-electron chi connectivity index (χ2n) is 5.34. The molecule has 0 saturated heterocycles. The van der Waals surface area contributed by atoms with Gasteiger partial charge >= 0.3 is 0 Å². The number of hydrogen-bond donors (Lipinski definition) is 1. The molecule has 3 rings (SSSR count). The molecule has 1 fully saturated rings. The van der Waals surface area contributed by atoms with Gasteiger partial charge in [-0.1, -0.05) is 49.6 Å². The fourth-order valence-electron chi connectivity index (χ4n) is 2.89. The molecule has 3 heteroatoms. The van der Waals surface area contributed by atoms with Crippen LogP contribution in [0.5, 0.6) is 0 Å². The average Bonchev–Trinajstić information content (AvgIpc) is 2.83. The van der Waals surface area contributed by atoms with Crippen molar-refractivity contribution >= 4 is 0 Å². The first kappa shape index (κ1) is 12.4. The predicted molar refractivity (Wildman–Crippen MR) is 75.8 cm³/mol. The Kier molecular flexibility index (Phi) is 3.65. The Balaban J connectivity index is 1.84. The summed E-state index contributed by atoms with van der Waals surface area (Å²) in [5.74, 6) is 0. The van der Waals surface area contributed by atoms with E-state index in [-0.39, 0.29) is 12.1 Å². The summed E-state index contributed by atoms with van der Waals surface area (Å²) in [6, 6.07) is 10.4. The molecule has 0 unspecified atom stereocenters. The van der Waals surface area contributed by atoms with Gasteiger partial charge in [-0.15, -0.1) is 0 Å². The summed E-state index contributed by atoms with van der Waals surface area (Å²) in [7, 11) is 0. The third-order valence-corrected chi connectivity index (χ3v) is 4.00. The van der Waals surface area contributed by atoms with Gasteiger partial charge < -0.3 is 9.67 Å². The van der Waals surface area contributed by atoms with Crippen molar-refractivity contribution < 1.29 is 5.11 Å². The molecule has 2 aromatic rings. The molecular formula is C16H20N2O. The monoisotopic (exact) mass is 256 g/mol. The van der Waals surface area contributed by atoms with Gasteiger partial charge in [-0.05, 0) is 12.8 Å². The van der Waals surface area contributed by atoms with Crippen molar-refractivity contribution in [1.29, 1.82) is 0 Å². The Bertz CT molecular complexity index is 521. The summed E-state index contributed by atoms with van der Waals surface area (Å²) in [5, 5.41) is 10.2. The first-order valence-electron chi connectivity index (χ1n) is 7.11. The molecule has 19 heavy (non-hydrogen) atoms. The number of aromatic nitrogens is 2. The molecule has 1 aromatic heterocycles. The van der Waals surface area contributed by atoms with Gasteiger partial charge in [0.05, 0.1) is 24.2 Å². The molecule has 0 spiro atoms. The second-order valence-corrected chi connectivity index (χ2v) is 5.34. The van der Waals surface area contributed by atoms with Crippen molar-refractivity contribution in [1.82, 2.24) is 9.55 Å². The lowest BCUT2D eigenvalue weighted by Gasteiger charge is -2.21. The molecule has 0 aliphatic heterocycles. The van der Waals surface area contributed by atoms with Crippen molar-refractivity contribution in [2.24, 2.45) is 0 Å². The van der Waals surface area contributed by atoms with Crippen LogP contribution < -0.4 is 0 Å². The zero-order valence-corrected chi connectivity index (χ0v) is 11.1. The number of rotatable bonds is 2. The minimum atomic E-state index is -0.236. The molecule has 0 radical (unpaired) electrons. The Labute approximate surface area is 113 Å². The smallest absolute Gasteiger partial charge is 0.0957 e. The normalized spacial score (nSPS) is 24.1. The van der Waals surface area contributed by atoms with Gasteiger partial charge in [0.1, 0.15) is 0 Å². The highest BCUT2D eigenvalue weighted by Crippen LogP contribution is 2.29. The lowest BCUT2D eigenvalue weighted by Crippen LogP contribution is -2.21. The maximum absolute atomic E-state index is 10.2. The van der Waals surface area contributed by atoms with E-state index in [2.05, 4.69) is 27.9 Å². The van der Waals surface area contributed by atoms with E-state index in [4.69, 9.17) is 0 Å². The van der Waals surface area contributed by atoms with E-state index in [9.17, 15) is 5.11 Å². The molecular weight excluding hydrogens is 236 g/mol. The van der Waals surface area contributed by atoms with Crippen LogP contribution in [0.25, 0.3) is 11.3 Å². The summed E-state index contributed by atoms with van der Waals surface area (Å²) >= 11 is 0. The quantitative estimate of drug-likeness (QED) is 0.836. The lowest BCUT2D eigenvalue weighted by molar-refractivity contribution is 0.105. The van der Waals surface area contributed by atoms with Crippen molar-refractivity contribution in [3.8, 4) is 11.3 Å². The van der Waals surface area contributed by atoms with Crippen LogP contribution in [-0.2, 0) is 0 Å². The molecule has 0 amide bonds. The van der Waals surface area contributed by atoms with Crippen LogP contribution >= 0.6 is 0 Å². The van der Waals surface area contributed by atoms with Crippen molar-refractivity contribution in [2.45, 2.75) is 44.2 Å². The number of benzene rings is 1. The molecule has 1 heterocycles. The fourth-order valence-corrected chi connectivity index (χ4v) is 2.89. The Morgan fingerprint density at radius 2 is 1.84 bits per heavy atom. The van der Waals surface area contributed by atoms with Gasteiger partial charge in [-0.25, -0.2) is 4.98 Å². The molecule has 100 valence electrons. The third kappa shape index (κ3) is 2.71. The van der Waals surface area contributed by atoms with Gasteiger partial charge in [-0.3, -0.25) is 0 Å². The highest BCUT2D eigenvalue weighted by atomic mass is 16.3. The van der Waals surface area contributed by atoms with E-state index in [1.54, 1.807) is 0 Å². The highest BCUT2D eigenvalue weighted by Gasteiger charge is 2.23. The fraction of sp³-hybridized carbons (Fsp3) is 0.438. The van der Waals surface area contributed by atoms with E-state index < -0.39 is 0 Å². The molecule has 1 N–H and O–H groups in total. The van der Waals surface area contributed by atoms with Crippen LogP contribution in [0.4, 0.5) is 0 Å². The van der Waals surface area contributed by atoms with E-state index in [1.165, 1.54) is 12.8 Å². The SMILES string of the molecule is O[C@H]1CCCCC[C@H]1n1cnc(-c2ccccc2)c1. The van der Waals surface area contributed by atoms with E-state index in [0.717, 1.165) is 30.5 Å². The summed E-state index contributed by atoms with van der Waals surface area (Å²) in [6.07, 6.45) is 9.21. The van der Waals surface area contributed by atoms with E-state index in [1.807, 2.05) is 24.5 Å². The van der Waals surface area contributed by atoms with Crippen LogP contribution in [0.3, 0.4) is 0 Å². The van der Waals surface area contributed by atoms with E-state index in [0.29, 0.717) is 0 Å². The Hall–Kier alpha value is -1.61. The van der Waals surface area contributed by atoms with Crippen molar-refractivity contribution in [3.05, 3.63) is 42.9 Å². The van der Waals surface area contributed by atoms with Crippen LogP contribution in [-0.4, -0.2) is 20.8 Å². The summed E-state index contributed by atoms with van der Waals surface area (Å²) in [4.78, 5) is 4.48. The Morgan fingerprint density at radius 1 is 1.05 bits per heavy atom. The van der Waals surface area contributed by atoms with Gasteiger partial charge in [0.2, 0.25) is 0 Å². The molecule has 3 nitrogen and oxygen atoms in total. The van der Waals surface area contributed by atoms with Crippen molar-refractivity contribution in [2.75, 3.05) is 0 Å². The summed E-state index contributed by atoms with van der Waals surface area (Å²) < 4.78 is 2.10. The standard InChI is InChI=1S/C16H20N2O/c19-16-10-6-2-5-9-15(16)18-11-14(17-12-18)13-7-3-1-4-8-13/h1,3-4,7-8,11-12,15-16,19H,2,5-6,9-10H2/t15-,16+/m1/s1. The van der Waals surface area contributed by atoms with Gasteiger partial charge in [-0.2, -0.15) is 0 Å². The second kappa shape index (κ2) is 5.57. The van der Waals surface area contributed by atoms with Gasteiger partial charge in [0.15, 0.2) is 0 Å². The zero-order chi connectivity index (χ0) is 13.1. The van der Waals surface area contributed by atoms with Gasteiger partial charge in [0.25, 0.3) is 0 Å². The number of imidazole rings is 1. The highest BCUT2D eigenvalue weighted by molar-refractivity contribution is 5.57. The van der Waals surface area contributed by atoms with Crippen LogP contribution in [0.1, 0.15) is 38.1 Å².